The molecule has 0 aromatic carbocycles. The van der Waals surface area contributed by atoms with E-state index < -0.39 is 17.0 Å². The van der Waals surface area contributed by atoms with Crippen LogP contribution in [0.5, 0.6) is 0 Å². The minimum absolute atomic E-state index is 0.174. The minimum atomic E-state index is -1.16. The highest BCUT2D eigenvalue weighted by Gasteiger charge is 2.35. The Labute approximate surface area is 119 Å². The van der Waals surface area contributed by atoms with Gasteiger partial charge in [-0.2, -0.15) is 0 Å². The number of carbonyl (C=O) groups excluding carboxylic acids is 1. The van der Waals surface area contributed by atoms with Crippen molar-refractivity contribution >= 4 is 17.0 Å². The Hall–Kier alpha value is -0.420. The number of ether oxygens (including phenoxy) is 1. The maximum absolute atomic E-state index is 12.4. The minimum Gasteiger partial charge on any atom is -0.465 e. The van der Waals surface area contributed by atoms with Crippen LogP contribution in [-0.4, -0.2) is 28.1 Å². The molecule has 0 aromatic rings. The second kappa shape index (κ2) is 7.39. The highest BCUT2D eigenvalue weighted by atomic mass is 32.2. The van der Waals surface area contributed by atoms with E-state index in [1.165, 1.54) is 6.42 Å². The van der Waals surface area contributed by atoms with Crippen molar-refractivity contribution in [3.8, 4) is 0 Å². The van der Waals surface area contributed by atoms with E-state index in [2.05, 4.69) is 4.72 Å². The summed E-state index contributed by atoms with van der Waals surface area (Å²) in [6.45, 7) is 8.01. The van der Waals surface area contributed by atoms with Crippen LogP contribution in [0.25, 0.3) is 0 Å². The van der Waals surface area contributed by atoms with Crippen LogP contribution in [0.3, 0.4) is 0 Å². The number of esters is 1. The van der Waals surface area contributed by atoms with Gasteiger partial charge in [0, 0.05) is 5.25 Å². The summed E-state index contributed by atoms with van der Waals surface area (Å²) in [5, 5.41) is 0.174. The lowest BCUT2D eigenvalue weighted by molar-refractivity contribution is -0.147. The van der Waals surface area contributed by atoms with Crippen molar-refractivity contribution in [3.05, 3.63) is 0 Å². The van der Waals surface area contributed by atoms with E-state index in [1.807, 2.05) is 20.8 Å². The van der Waals surface area contributed by atoms with E-state index in [9.17, 15) is 9.00 Å². The van der Waals surface area contributed by atoms with Gasteiger partial charge in [-0.1, -0.05) is 40.0 Å². The van der Waals surface area contributed by atoms with Gasteiger partial charge in [0.25, 0.3) is 0 Å². The summed E-state index contributed by atoms with van der Waals surface area (Å²) in [4.78, 5) is 12.0. The molecule has 1 saturated carbocycles. The summed E-state index contributed by atoms with van der Waals surface area (Å²) in [5.41, 5.74) is -0.309. The lowest BCUT2D eigenvalue weighted by Crippen LogP contribution is -2.50. The second-order valence-electron chi connectivity index (χ2n) is 6.23. The number of rotatable bonds is 5. The summed E-state index contributed by atoms with van der Waals surface area (Å²) in [6, 6.07) is -0.518. The summed E-state index contributed by atoms with van der Waals surface area (Å²) in [6.07, 6.45) is 5.47. The molecule has 1 fully saturated rings. The van der Waals surface area contributed by atoms with E-state index in [1.54, 1.807) is 6.92 Å². The molecule has 0 radical (unpaired) electrons. The van der Waals surface area contributed by atoms with Gasteiger partial charge in [0.15, 0.2) is 0 Å². The zero-order chi connectivity index (χ0) is 14.5. The zero-order valence-corrected chi connectivity index (χ0v) is 13.3. The summed E-state index contributed by atoms with van der Waals surface area (Å²) in [7, 11) is -1.16. The molecule has 1 rings (SSSR count). The monoisotopic (exact) mass is 289 g/mol. The Bertz CT molecular complexity index is 319. The molecule has 1 aliphatic carbocycles. The molecule has 19 heavy (non-hydrogen) atoms. The standard InChI is InChI=1S/C14H27NO3S/c1-5-18-13(16)12(14(2,3)4)15-19(17)11-9-7-6-8-10-11/h11-12,15H,5-10H2,1-4H3/t12-,19-/m1/s1. The molecule has 112 valence electrons. The first-order valence-corrected chi connectivity index (χ1v) is 8.41. The molecule has 0 aliphatic heterocycles. The van der Waals surface area contributed by atoms with Crippen molar-refractivity contribution in [1.29, 1.82) is 0 Å². The topological polar surface area (TPSA) is 55.4 Å². The third-order valence-electron chi connectivity index (χ3n) is 3.48. The SMILES string of the molecule is CCOC(=O)[C@@H](N[S@](=O)C1CCCCC1)C(C)(C)C. The van der Waals surface area contributed by atoms with Crippen LogP contribution < -0.4 is 4.72 Å². The molecule has 4 nitrogen and oxygen atoms in total. The molecule has 2 atom stereocenters. The average molecular weight is 289 g/mol. The van der Waals surface area contributed by atoms with E-state index in [-0.39, 0.29) is 16.6 Å². The largest absolute Gasteiger partial charge is 0.465 e. The third-order valence-corrected chi connectivity index (χ3v) is 5.02. The highest BCUT2D eigenvalue weighted by molar-refractivity contribution is 7.83. The van der Waals surface area contributed by atoms with Gasteiger partial charge in [0.2, 0.25) is 0 Å². The van der Waals surface area contributed by atoms with Crippen molar-refractivity contribution < 1.29 is 13.7 Å². The lowest BCUT2D eigenvalue weighted by atomic mass is 9.87. The fourth-order valence-corrected chi connectivity index (χ4v) is 3.93. The lowest BCUT2D eigenvalue weighted by Gasteiger charge is -2.31. The van der Waals surface area contributed by atoms with E-state index in [0.717, 1.165) is 25.7 Å². The molecule has 5 heteroatoms. The fraction of sp³-hybridized carbons (Fsp3) is 0.929. The Morgan fingerprint density at radius 1 is 1.32 bits per heavy atom. The van der Waals surface area contributed by atoms with Crippen molar-refractivity contribution in [3.63, 3.8) is 0 Å². The molecule has 0 bridgehead atoms. The van der Waals surface area contributed by atoms with Crippen molar-refractivity contribution in [1.82, 2.24) is 4.72 Å². The Morgan fingerprint density at radius 2 is 1.89 bits per heavy atom. The zero-order valence-electron chi connectivity index (χ0n) is 12.5. The van der Waals surface area contributed by atoms with E-state index in [4.69, 9.17) is 4.74 Å². The van der Waals surface area contributed by atoms with Gasteiger partial charge in [-0.05, 0) is 25.2 Å². The van der Waals surface area contributed by atoms with E-state index in [0.29, 0.717) is 6.61 Å². The normalized spacial score (nSPS) is 20.8. The van der Waals surface area contributed by atoms with Crippen LogP contribution in [0.1, 0.15) is 59.8 Å². The van der Waals surface area contributed by atoms with Crippen molar-refractivity contribution in [2.24, 2.45) is 5.41 Å². The van der Waals surface area contributed by atoms with Gasteiger partial charge in [-0.3, -0.25) is 4.79 Å². The molecular formula is C14H27NO3S. The van der Waals surface area contributed by atoms with Crippen LogP contribution >= 0.6 is 0 Å². The molecule has 0 unspecified atom stereocenters. The predicted molar refractivity (Wildman–Crippen MR) is 78.0 cm³/mol. The molecule has 0 aromatic heterocycles. The number of nitrogens with one attached hydrogen (secondary N) is 1. The Kier molecular flexibility index (Phi) is 6.47. The quantitative estimate of drug-likeness (QED) is 0.791. The smallest absolute Gasteiger partial charge is 0.324 e. The van der Waals surface area contributed by atoms with Crippen molar-refractivity contribution in [2.75, 3.05) is 6.61 Å². The first kappa shape index (κ1) is 16.6. The first-order chi connectivity index (χ1) is 8.86. The van der Waals surface area contributed by atoms with Gasteiger partial charge >= 0.3 is 5.97 Å². The van der Waals surface area contributed by atoms with Crippen LogP contribution in [-0.2, 0) is 20.5 Å². The maximum Gasteiger partial charge on any atom is 0.324 e. The molecule has 1 N–H and O–H groups in total. The third kappa shape index (κ3) is 5.22. The summed E-state index contributed by atoms with van der Waals surface area (Å²) >= 11 is 0. The van der Waals surface area contributed by atoms with Crippen LogP contribution in [0.4, 0.5) is 0 Å². The van der Waals surface area contributed by atoms with Crippen molar-refractivity contribution in [2.45, 2.75) is 71.1 Å². The number of hydrogen-bond donors (Lipinski definition) is 1. The van der Waals surface area contributed by atoms with Crippen LogP contribution in [0, 0.1) is 5.41 Å². The molecule has 1 aliphatic rings. The molecule has 0 heterocycles. The predicted octanol–water partition coefficient (Wildman–Crippen LogP) is 2.55. The Balaban J connectivity index is 2.66. The van der Waals surface area contributed by atoms with Gasteiger partial charge < -0.3 is 4.74 Å². The summed E-state index contributed by atoms with van der Waals surface area (Å²) < 4.78 is 20.4. The molecular weight excluding hydrogens is 262 g/mol. The van der Waals surface area contributed by atoms with Crippen LogP contribution in [0.2, 0.25) is 0 Å². The average Bonchev–Trinajstić information content (AvgIpc) is 2.35. The first-order valence-electron chi connectivity index (χ1n) is 7.19. The van der Waals surface area contributed by atoms with E-state index >= 15 is 0 Å². The molecule has 0 amide bonds. The summed E-state index contributed by atoms with van der Waals surface area (Å²) in [5.74, 6) is -0.306. The highest BCUT2D eigenvalue weighted by Crippen LogP contribution is 2.25. The number of hydrogen-bond acceptors (Lipinski definition) is 3. The number of carbonyl (C=O) groups is 1. The van der Waals surface area contributed by atoms with Gasteiger partial charge in [-0.15, -0.1) is 0 Å². The van der Waals surface area contributed by atoms with Crippen LogP contribution in [0.15, 0.2) is 0 Å². The van der Waals surface area contributed by atoms with Gasteiger partial charge in [0.05, 0.1) is 17.6 Å². The fourth-order valence-electron chi connectivity index (χ4n) is 2.30. The Morgan fingerprint density at radius 3 is 2.37 bits per heavy atom. The molecule has 0 spiro atoms. The second-order valence-corrected chi connectivity index (χ2v) is 7.72. The molecule has 0 saturated heterocycles. The van der Waals surface area contributed by atoms with Gasteiger partial charge in [-0.25, -0.2) is 8.93 Å². The van der Waals surface area contributed by atoms with Gasteiger partial charge in [0.1, 0.15) is 6.04 Å². The maximum atomic E-state index is 12.4.